The Morgan fingerprint density at radius 3 is 2.23 bits per heavy atom. The molecule has 8 nitrogen and oxygen atoms in total. The van der Waals surface area contributed by atoms with Crippen LogP contribution in [0, 0.1) is 34.6 Å². The molecule has 0 saturated carbocycles. The molecule has 1 heterocycles. The van der Waals surface area contributed by atoms with Crippen LogP contribution < -0.4 is 14.8 Å². The van der Waals surface area contributed by atoms with Crippen LogP contribution in [0.25, 0.3) is 0 Å². The second-order valence-corrected chi connectivity index (χ2v) is 9.02. The maximum Gasteiger partial charge on any atom is 0.264 e. The molecule has 3 rings (SSSR count). The molecule has 1 amide bonds. The average Bonchev–Trinajstić information content (AvgIpc) is 3.03. The number of ether oxygens (including phenoxy) is 1. The van der Waals surface area contributed by atoms with Crippen LogP contribution in [-0.4, -0.2) is 26.1 Å². The number of amides is 1. The molecule has 9 heteroatoms. The number of carbonyl (C=O) groups excluding carboxylic acids is 1. The summed E-state index contributed by atoms with van der Waals surface area (Å²) < 4.78 is 38.2. The fraction of sp³-hybridized carbons (Fsp3) is 0.273. The summed E-state index contributed by atoms with van der Waals surface area (Å²) in [5, 5.41) is 6.43. The van der Waals surface area contributed by atoms with Crippen molar-refractivity contribution in [2.75, 3.05) is 16.6 Å². The van der Waals surface area contributed by atoms with Gasteiger partial charge in [-0.05, 0) is 75.6 Å². The molecule has 0 atom stereocenters. The molecular formula is C22H25N3O5S. The molecule has 0 fully saturated rings. The Kier molecular flexibility index (Phi) is 6.35. The average molecular weight is 444 g/mol. The number of anilines is 2. The minimum atomic E-state index is -3.85. The van der Waals surface area contributed by atoms with E-state index in [-0.39, 0.29) is 23.3 Å². The number of sulfonamides is 1. The Labute approximate surface area is 181 Å². The summed E-state index contributed by atoms with van der Waals surface area (Å²) in [4.78, 5) is 12.3. The topological polar surface area (TPSA) is 111 Å². The van der Waals surface area contributed by atoms with Gasteiger partial charge in [0.05, 0.1) is 10.6 Å². The van der Waals surface area contributed by atoms with Crippen LogP contribution in [0.2, 0.25) is 0 Å². The maximum atomic E-state index is 12.5. The van der Waals surface area contributed by atoms with E-state index in [1.54, 1.807) is 13.8 Å². The van der Waals surface area contributed by atoms with Gasteiger partial charge in [0.2, 0.25) is 5.88 Å². The molecule has 0 aliphatic heterocycles. The summed E-state index contributed by atoms with van der Waals surface area (Å²) in [5.41, 5.74) is 4.71. The van der Waals surface area contributed by atoms with Crippen molar-refractivity contribution in [3.05, 3.63) is 64.3 Å². The van der Waals surface area contributed by atoms with Crippen LogP contribution in [0.15, 0.2) is 45.8 Å². The van der Waals surface area contributed by atoms with E-state index >= 15 is 0 Å². The molecule has 3 aromatic rings. The smallest absolute Gasteiger partial charge is 0.264 e. The van der Waals surface area contributed by atoms with Crippen molar-refractivity contribution >= 4 is 27.5 Å². The SMILES string of the molecule is Cc1ccc(C)c(OCC(=O)Nc2ccc(S(=O)(=O)Nc3onc(C)c3C)cc2)c1C. The van der Waals surface area contributed by atoms with Crippen molar-refractivity contribution < 1.29 is 22.5 Å². The summed E-state index contributed by atoms with van der Waals surface area (Å²) in [6.45, 7) is 9.14. The molecule has 164 valence electrons. The van der Waals surface area contributed by atoms with Gasteiger partial charge in [0.15, 0.2) is 6.61 Å². The zero-order valence-corrected chi connectivity index (χ0v) is 18.9. The number of nitrogens with one attached hydrogen (secondary N) is 2. The molecule has 2 N–H and O–H groups in total. The number of hydrogen-bond acceptors (Lipinski definition) is 6. The van der Waals surface area contributed by atoms with Crippen molar-refractivity contribution in [3.63, 3.8) is 0 Å². The van der Waals surface area contributed by atoms with E-state index in [1.165, 1.54) is 24.3 Å². The van der Waals surface area contributed by atoms with Gasteiger partial charge in [0, 0.05) is 11.3 Å². The Hall–Kier alpha value is -3.33. The first kappa shape index (κ1) is 22.4. The van der Waals surface area contributed by atoms with Gasteiger partial charge in [0.1, 0.15) is 5.75 Å². The highest BCUT2D eigenvalue weighted by molar-refractivity contribution is 7.92. The summed E-state index contributed by atoms with van der Waals surface area (Å²) >= 11 is 0. The van der Waals surface area contributed by atoms with E-state index in [9.17, 15) is 13.2 Å². The van der Waals surface area contributed by atoms with Crippen LogP contribution in [-0.2, 0) is 14.8 Å². The predicted octanol–water partition coefficient (Wildman–Crippen LogP) is 4.04. The van der Waals surface area contributed by atoms with Crippen molar-refractivity contribution in [1.82, 2.24) is 5.16 Å². The number of rotatable bonds is 7. The molecule has 1 aromatic heterocycles. The number of hydrogen-bond donors (Lipinski definition) is 2. The molecule has 2 aromatic carbocycles. The molecule has 31 heavy (non-hydrogen) atoms. The van der Waals surface area contributed by atoms with Crippen LogP contribution in [0.1, 0.15) is 27.9 Å². The lowest BCUT2D eigenvalue weighted by molar-refractivity contribution is -0.118. The van der Waals surface area contributed by atoms with E-state index in [1.807, 2.05) is 32.9 Å². The largest absolute Gasteiger partial charge is 0.483 e. The Bertz CT molecular complexity index is 1210. The van der Waals surface area contributed by atoms with E-state index in [0.29, 0.717) is 22.7 Å². The molecule has 0 aliphatic carbocycles. The van der Waals surface area contributed by atoms with Crippen LogP contribution in [0.3, 0.4) is 0 Å². The summed E-state index contributed by atoms with van der Waals surface area (Å²) in [6.07, 6.45) is 0. The van der Waals surface area contributed by atoms with Gasteiger partial charge in [-0.1, -0.05) is 17.3 Å². The highest BCUT2D eigenvalue weighted by atomic mass is 32.2. The maximum absolute atomic E-state index is 12.5. The molecular weight excluding hydrogens is 418 g/mol. The van der Waals surface area contributed by atoms with Crippen LogP contribution >= 0.6 is 0 Å². The molecule has 0 bridgehead atoms. The van der Waals surface area contributed by atoms with Crippen molar-refractivity contribution in [3.8, 4) is 5.75 Å². The van der Waals surface area contributed by atoms with Crippen molar-refractivity contribution in [1.29, 1.82) is 0 Å². The van der Waals surface area contributed by atoms with E-state index in [2.05, 4.69) is 15.2 Å². The quantitative estimate of drug-likeness (QED) is 0.570. The fourth-order valence-electron chi connectivity index (χ4n) is 2.89. The summed E-state index contributed by atoms with van der Waals surface area (Å²) in [6, 6.07) is 9.76. The normalized spacial score (nSPS) is 11.3. The fourth-order valence-corrected chi connectivity index (χ4v) is 3.94. The molecule has 0 radical (unpaired) electrons. The van der Waals surface area contributed by atoms with Gasteiger partial charge in [-0.2, -0.15) is 0 Å². The van der Waals surface area contributed by atoms with Gasteiger partial charge >= 0.3 is 0 Å². The highest BCUT2D eigenvalue weighted by Gasteiger charge is 2.19. The lowest BCUT2D eigenvalue weighted by Crippen LogP contribution is -2.21. The summed E-state index contributed by atoms with van der Waals surface area (Å²) in [7, 11) is -3.85. The zero-order chi connectivity index (χ0) is 22.8. The molecule has 0 saturated heterocycles. The standard InChI is InChI=1S/C22H25N3O5S/c1-13-6-7-14(2)21(15(13)3)29-12-20(26)23-18-8-10-19(11-9-18)31(27,28)25-22-16(4)17(5)24-30-22/h6-11,25H,12H2,1-5H3,(H,23,26). The number of benzene rings is 2. The lowest BCUT2D eigenvalue weighted by atomic mass is 10.1. The minimum Gasteiger partial charge on any atom is -0.483 e. The second kappa shape index (κ2) is 8.81. The zero-order valence-electron chi connectivity index (χ0n) is 18.1. The third-order valence-electron chi connectivity index (χ3n) is 5.05. The first-order valence-corrected chi connectivity index (χ1v) is 11.1. The van der Waals surface area contributed by atoms with Gasteiger partial charge in [0.25, 0.3) is 15.9 Å². The number of aryl methyl sites for hydroxylation is 3. The van der Waals surface area contributed by atoms with E-state index in [4.69, 9.17) is 9.26 Å². The Balaban J connectivity index is 1.63. The van der Waals surface area contributed by atoms with Crippen LogP contribution in [0.5, 0.6) is 5.75 Å². The number of carbonyl (C=O) groups is 1. The van der Waals surface area contributed by atoms with Gasteiger partial charge in [-0.15, -0.1) is 0 Å². The lowest BCUT2D eigenvalue weighted by Gasteiger charge is -2.14. The Morgan fingerprint density at radius 1 is 0.968 bits per heavy atom. The minimum absolute atomic E-state index is 0.0289. The van der Waals surface area contributed by atoms with Gasteiger partial charge in [-0.3, -0.25) is 4.79 Å². The monoisotopic (exact) mass is 443 g/mol. The van der Waals surface area contributed by atoms with Gasteiger partial charge < -0.3 is 14.6 Å². The third-order valence-corrected chi connectivity index (χ3v) is 6.40. The van der Waals surface area contributed by atoms with Crippen molar-refractivity contribution in [2.24, 2.45) is 0 Å². The summed E-state index contributed by atoms with van der Waals surface area (Å²) in [5.74, 6) is 0.427. The van der Waals surface area contributed by atoms with E-state index in [0.717, 1.165) is 16.7 Å². The first-order valence-electron chi connectivity index (χ1n) is 9.63. The van der Waals surface area contributed by atoms with Crippen molar-refractivity contribution in [2.45, 2.75) is 39.5 Å². The Morgan fingerprint density at radius 2 is 1.61 bits per heavy atom. The number of aromatic nitrogens is 1. The number of nitrogens with zero attached hydrogens (tertiary/aromatic N) is 1. The molecule has 0 aliphatic rings. The highest BCUT2D eigenvalue weighted by Crippen LogP contribution is 2.26. The first-order chi connectivity index (χ1) is 14.6. The van der Waals surface area contributed by atoms with Gasteiger partial charge in [-0.25, -0.2) is 13.1 Å². The molecule has 0 unspecified atom stereocenters. The second-order valence-electron chi connectivity index (χ2n) is 7.34. The predicted molar refractivity (Wildman–Crippen MR) is 118 cm³/mol. The van der Waals surface area contributed by atoms with E-state index < -0.39 is 10.0 Å². The van der Waals surface area contributed by atoms with Crippen LogP contribution in [0.4, 0.5) is 11.6 Å². The third kappa shape index (κ3) is 5.05. The molecule has 0 spiro atoms.